The molecule has 0 atom stereocenters. The number of anilines is 2. The Labute approximate surface area is 165 Å². The van der Waals surface area contributed by atoms with Crippen molar-refractivity contribution in [1.82, 2.24) is 4.98 Å². The highest BCUT2D eigenvalue weighted by Gasteiger charge is 2.16. The fraction of sp³-hybridized carbons (Fsp3) is 0.300. The number of nitrogens with one attached hydrogen (secondary N) is 1. The molecule has 0 aliphatic carbocycles. The van der Waals surface area contributed by atoms with Gasteiger partial charge in [-0.2, -0.15) is 0 Å². The van der Waals surface area contributed by atoms with E-state index in [9.17, 15) is 9.18 Å². The van der Waals surface area contributed by atoms with Crippen LogP contribution in [0.25, 0.3) is 10.8 Å². The van der Waals surface area contributed by atoms with Gasteiger partial charge in [0, 0.05) is 24.2 Å². The fourth-order valence-corrected chi connectivity index (χ4v) is 3.85. The van der Waals surface area contributed by atoms with Crippen LogP contribution in [0.15, 0.2) is 40.1 Å². The molecular formula is C20H20FN3O3S. The largest absolute Gasteiger partial charge is 0.459 e. The number of hydrogen-bond donors (Lipinski definition) is 1. The maximum atomic E-state index is 14.5. The second-order valence-electron chi connectivity index (χ2n) is 6.54. The molecule has 146 valence electrons. The molecule has 3 aromatic rings. The lowest BCUT2D eigenvalue weighted by molar-refractivity contribution is -0.115. The van der Waals surface area contributed by atoms with Crippen molar-refractivity contribution in [2.45, 2.75) is 13.3 Å². The zero-order chi connectivity index (χ0) is 19.5. The number of aromatic nitrogens is 1. The van der Waals surface area contributed by atoms with Crippen LogP contribution in [0.3, 0.4) is 0 Å². The van der Waals surface area contributed by atoms with E-state index in [1.807, 2.05) is 29.3 Å². The Bertz CT molecular complexity index is 979. The summed E-state index contributed by atoms with van der Waals surface area (Å²) in [5.74, 6) is 0.900. The lowest BCUT2D eigenvalue weighted by Gasteiger charge is -2.29. The van der Waals surface area contributed by atoms with Gasteiger partial charge >= 0.3 is 0 Å². The summed E-state index contributed by atoms with van der Waals surface area (Å²) >= 11 is 1.42. The minimum atomic E-state index is -0.358. The van der Waals surface area contributed by atoms with Crippen LogP contribution in [-0.4, -0.2) is 37.2 Å². The maximum Gasteiger partial charge on any atom is 0.230 e. The quantitative estimate of drug-likeness (QED) is 0.703. The summed E-state index contributed by atoms with van der Waals surface area (Å²) in [7, 11) is 0. The lowest BCUT2D eigenvalue weighted by Crippen LogP contribution is -2.36. The zero-order valence-corrected chi connectivity index (χ0v) is 16.2. The Morgan fingerprint density at radius 1 is 1.29 bits per heavy atom. The van der Waals surface area contributed by atoms with Crippen LogP contribution in [0.2, 0.25) is 0 Å². The van der Waals surface area contributed by atoms with Gasteiger partial charge in [-0.15, -0.1) is 11.3 Å². The number of hydrogen-bond acceptors (Lipinski definition) is 6. The molecule has 8 heteroatoms. The molecule has 1 saturated heterocycles. The summed E-state index contributed by atoms with van der Waals surface area (Å²) in [6, 6.07) is 8.48. The molecule has 2 aromatic heterocycles. The van der Waals surface area contributed by atoms with E-state index in [1.54, 1.807) is 12.1 Å². The molecule has 28 heavy (non-hydrogen) atoms. The first-order valence-electron chi connectivity index (χ1n) is 9.02. The predicted molar refractivity (Wildman–Crippen MR) is 106 cm³/mol. The van der Waals surface area contributed by atoms with E-state index in [-0.39, 0.29) is 18.1 Å². The molecule has 0 saturated carbocycles. The first-order chi connectivity index (χ1) is 13.6. The van der Waals surface area contributed by atoms with E-state index in [1.165, 1.54) is 17.4 Å². The summed E-state index contributed by atoms with van der Waals surface area (Å²) < 4.78 is 25.3. The van der Waals surface area contributed by atoms with Crippen molar-refractivity contribution in [1.29, 1.82) is 0 Å². The molecule has 3 heterocycles. The topological polar surface area (TPSA) is 67.6 Å². The van der Waals surface area contributed by atoms with Gasteiger partial charge in [0.05, 0.1) is 31.0 Å². The van der Waals surface area contributed by atoms with Crippen molar-refractivity contribution in [2.75, 3.05) is 36.5 Å². The van der Waals surface area contributed by atoms with Crippen LogP contribution >= 0.6 is 11.3 Å². The number of benzene rings is 1. The van der Waals surface area contributed by atoms with Crippen LogP contribution in [0.4, 0.5) is 15.8 Å². The SMILES string of the molecule is Cc1ccc(-c2nc(CC(=O)Nc3ccc(N4CCOCC4)c(F)c3)cs2)o1. The Morgan fingerprint density at radius 2 is 2.11 bits per heavy atom. The Balaban J connectivity index is 1.38. The van der Waals surface area contributed by atoms with E-state index < -0.39 is 0 Å². The first kappa shape index (κ1) is 18.6. The van der Waals surface area contributed by atoms with Gasteiger partial charge in [-0.1, -0.05) is 0 Å². The molecule has 1 aromatic carbocycles. The summed E-state index contributed by atoms with van der Waals surface area (Å²) in [5.41, 5.74) is 1.60. The van der Waals surface area contributed by atoms with Gasteiger partial charge in [-0.25, -0.2) is 9.37 Å². The molecule has 0 radical (unpaired) electrons. The van der Waals surface area contributed by atoms with Crippen LogP contribution < -0.4 is 10.2 Å². The van der Waals surface area contributed by atoms with Gasteiger partial charge in [0.15, 0.2) is 10.8 Å². The van der Waals surface area contributed by atoms with E-state index in [2.05, 4.69) is 10.3 Å². The van der Waals surface area contributed by atoms with Gasteiger partial charge < -0.3 is 19.4 Å². The number of ether oxygens (including phenoxy) is 1. The van der Waals surface area contributed by atoms with Crippen molar-refractivity contribution in [3.63, 3.8) is 0 Å². The second kappa shape index (κ2) is 8.12. The van der Waals surface area contributed by atoms with E-state index in [0.29, 0.717) is 49.1 Å². The summed E-state index contributed by atoms with van der Waals surface area (Å²) in [6.45, 7) is 4.36. The number of aryl methyl sites for hydroxylation is 1. The third-order valence-corrected chi connectivity index (χ3v) is 5.33. The van der Waals surface area contributed by atoms with Crippen LogP contribution in [-0.2, 0) is 16.0 Å². The average molecular weight is 401 g/mol. The van der Waals surface area contributed by atoms with Gasteiger partial charge in [-0.3, -0.25) is 4.79 Å². The monoisotopic (exact) mass is 401 g/mol. The number of carbonyl (C=O) groups excluding carboxylic acids is 1. The standard InChI is InChI=1S/C20H20FN3O3S/c1-13-2-5-18(27-13)20-23-15(12-28-20)11-19(25)22-14-3-4-17(16(21)10-14)24-6-8-26-9-7-24/h2-5,10,12H,6-9,11H2,1H3,(H,22,25). The number of thiazole rings is 1. The van der Waals surface area contributed by atoms with E-state index in [0.717, 1.165) is 10.8 Å². The van der Waals surface area contributed by atoms with Gasteiger partial charge in [0.1, 0.15) is 11.6 Å². The molecule has 4 rings (SSSR count). The second-order valence-corrected chi connectivity index (χ2v) is 7.40. The normalized spacial score (nSPS) is 14.3. The van der Waals surface area contributed by atoms with Crippen molar-refractivity contribution < 1.29 is 18.3 Å². The van der Waals surface area contributed by atoms with Crippen molar-refractivity contribution >= 4 is 28.6 Å². The van der Waals surface area contributed by atoms with Crippen molar-refractivity contribution in [3.05, 3.63) is 53.0 Å². The minimum absolute atomic E-state index is 0.114. The van der Waals surface area contributed by atoms with Gasteiger partial charge in [-0.05, 0) is 37.3 Å². The zero-order valence-electron chi connectivity index (χ0n) is 15.4. The molecule has 1 aliphatic rings. The first-order valence-corrected chi connectivity index (χ1v) is 9.90. The highest BCUT2D eigenvalue weighted by molar-refractivity contribution is 7.13. The van der Waals surface area contributed by atoms with Crippen LogP contribution in [0, 0.1) is 12.7 Å². The van der Waals surface area contributed by atoms with Crippen molar-refractivity contribution in [3.8, 4) is 10.8 Å². The number of carbonyl (C=O) groups is 1. The van der Waals surface area contributed by atoms with Crippen LogP contribution in [0.1, 0.15) is 11.5 Å². The highest BCUT2D eigenvalue weighted by atomic mass is 32.1. The molecule has 6 nitrogen and oxygen atoms in total. The molecule has 0 bridgehead atoms. The maximum absolute atomic E-state index is 14.5. The number of halogens is 1. The average Bonchev–Trinajstić information content (AvgIpc) is 3.31. The molecule has 1 amide bonds. The number of morpholine rings is 1. The Hall–Kier alpha value is -2.71. The Morgan fingerprint density at radius 3 is 2.82 bits per heavy atom. The number of rotatable bonds is 5. The minimum Gasteiger partial charge on any atom is -0.459 e. The number of nitrogens with zero attached hydrogens (tertiary/aromatic N) is 2. The highest BCUT2D eigenvalue weighted by Crippen LogP contribution is 2.26. The molecule has 0 unspecified atom stereocenters. The fourth-order valence-electron chi connectivity index (χ4n) is 3.07. The number of amides is 1. The third-order valence-electron chi connectivity index (χ3n) is 4.43. The Kier molecular flexibility index (Phi) is 5.40. The van der Waals surface area contributed by atoms with E-state index in [4.69, 9.17) is 9.15 Å². The molecule has 1 N–H and O–H groups in total. The predicted octanol–water partition coefficient (Wildman–Crippen LogP) is 3.87. The molecule has 1 fully saturated rings. The molecular weight excluding hydrogens is 381 g/mol. The molecule has 0 spiro atoms. The van der Waals surface area contributed by atoms with Crippen LogP contribution in [0.5, 0.6) is 0 Å². The van der Waals surface area contributed by atoms with Gasteiger partial charge in [0.2, 0.25) is 5.91 Å². The smallest absolute Gasteiger partial charge is 0.230 e. The van der Waals surface area contributed by atoms with Gasteiger partial charge in [0.25, 0.3) is 0 Å². The summed E-state index contributed by atoms with van der Waals surface area (Å²) in [4.78, 5) is 18.7. The summed E-state index contributed by atoms with van der Waals surface area (Å²) in [6.07, 6.45) is 0.114. The lowest BCUT2D eigenvalue weighted by atomic mass is 10.2. The molecule has 1 aliphatic heterocycles. The summed E-state index contributed by atoms with van der Waals surface area (Å²) in [5, 5.41) is 5.29. The number of furan rings is 1. The third kappa shape index (κ3) is 4.23. The van der Waals surface area contributed by atoms with Crippen molar-refractivity contribution in [2.24, 2.45) is 0 Å². The van der Waals surface area contributed by atoms with E-state index >= 15 is 0 Å².